The van der Waals surface area contributed by atoms with Crippen molar-refractivity contribution in [1.82, 2.24) is 4.90 Å². The Kier molecular flexibility index (Phi) is 7.80. The van der Waals surface area contributed by atoms with Gasteiger partial charge in [-0.1, -0.05) is 6.92 Å². The number of halogens is 1. The predicted octanol–water partition coefficient (Wildman–Crippen LogP) is 3.72. The highest BCUT2D eigenvalue weighted by molar-refractivity contribution is 5.99. The second-order valence-electron chi connectivity index (χ2n) is 6.16. The summed E-state index contributed by atoms with van der Waals surface area (Å²) in [6, 6.07) is 10.4. The number of benzene rings is 2. The van der Waals surface area contributed by atoms with Crippen molar-refractivity contribution < 1.29 is 23.5 Å². The third-order valence-electron chi connectivity index (χ3n) is 3.81. The number of ether oxygens (including phenoxy) is 2. The van der Waals surface area contributed by atoms with E-state index in [9.17, 15) is 14.0 Å². The molecule has 6 nitrogen and oxygen atoms in total. The number of anilines is 1. The van der Waals surface area contributed by atoms with Crippen LogP contribution >= 0.6 is 0 Å². The average molecular weight is 388 g/mol. The topological polar surface area (TPSA) is 67.9 Å². The molecule has 1 N–H and O–H groups in total. The van der Waals surface area contributed by atoms with Crippen molar-refractivity contribution in [3.8, 4) is 11.5 Å². The van der Waals surface area contributed by atoms with E-state index < -0.39 is 0 Å². The molecule has 0 fully saturated rings. The Hall–Kier alpha value is -3.09. The van der Waals surface area contributed by atoms with Crippen LogP contribution in [0.15, 0.2) is 42.5 Å². The Balaban J connectivity index is 2.03. The van der Waals surface area contributed by atoms with Gasteiger partial charge in [-0.05, 0) is 55.8 Å². The van der Waals surface area contributed by atoms with Crippen molar-refractivity contribution >= 4 is 17.5 Å². The molecule has 7 heteroatoms. The van der Waals surface area contributed by atoms with Gasteiger partial charge in [0, 0.05) is 18.3 Å². The minimum atomic E-state index is -0.387. The van der Waals surface area contributed by atoms with Gasteiger partial charge in [0.05, 0.1) is 19.8 Å². The number of rotatable bonds is 9. The van der Waals surface area contributed by atoms with Crippen LogP contribution in [0.4, 0.5) is 10.1 Å². The average Bonchev–Trinajstić information content (AvgIpc) is 2.68. The predicted molar refractivity (Wildman–Crippen MR) is 105 cm³/mol. The van der Waals surface area contributed by atoms with Gasteiger partial charge >= 0.3 is 0 Å². The number of amides is 2. The SMILES string of the molecule is CCCOc1ccc(C(=O)N(C)CC(=O)Nc2ccc(F)cc2)cc1OCC. The highest BCUT2D eigenvalue weighted by Gasteiger charge is 2.17. The smallest absolute Gasteiger partial charge is 0.254 e. The second-order valence-corrected chi connectivity index (χ2v) is 6.16. The van der Waals surface area contributed by atoms with Crippen molar-refractivity contribution in [2.45, 2.75) is 20.3 Å². The van der Waals surface area contributed by atoms with E-state index >= 15 is 0 Å². The van der Waals surface area contributed by atoms with E-state index in [0.29, 0.717) is 36.0 Å². The summed E-state index contributed by atoms with van der Waals surface area (Å²) in [5, 5.41) is 2.63. The number of carbonyl (C=O) groups excluding carboxylic acids is 2. The highest BCUT2D eigenvalue weighted by atomic mass is 19.1. The van der Waals surface area contributed by atoms with E-state index in [1.807, 2.05) is 13.8 Å². The molecule has 0 aromatic heterocycles. The molecule has 0 saturated carbocycles. The summed E-state index contributed by atoms with van der Waals surface area (Å²) >= 11 is 0. The van der Waals surface area contributed by atoms with Crippen LogP contribution in [0.25, 0.3) is 0 Å². The lowest BCUT2D eigenvalue weighted by molar-refractivity contribution is -0.116. The molecule has 0 spiro atoms. The maximum Gasteiger partial charge on any atom is 0.254 e. The van der Waals surface area contributed by atoms with Crippen molar-refractivity contribution in [3.05, 3.63) is 53.8 Å². The van der Waals surface area contributed by atoms with Crippen LogP contribution in [-0.4, -0.2) is 43.5 Å². The van der Waals surface area contributed by atoms with E-state index in [1.165, 1.54) is 36.2 Å². The number of nitrogens with zero attached hydrogens (tertiary/aromatic N) is 1. The highest BCUT2D eigenvalue weighted by Crippen LogP contribution is 2.29. The van der Waals surface area contributed by atoms with E-state index in [-0.39, 0.29) is 24.2 Å². The molecule has 2 aromatic carbocycles. The molecule has 0 unspecified atom stereocenters. The van der Waals surface area contributed by atoms with Crippen LogP contribution in [0.3, 0.4) is 0 Å². The van der Waals surface area contributed by atoms with Gasteiger partial charge in [0.15, 0.2) is 11.5 Å². The van der Waals surface area contributed by atoms with Gasteiger partial charge in [-0.3, -0.25) is 9.59 Å². The molecule has 2 aromatic rings. The van der Waals surface area contributed by atoms with E-state index in [4.69, 9.17) is 9.47 Å². The van der Waals surface area contributed by atoms with Crippen LogP contribution in [0, 0.1) is 5.82 Å². The van der Waals surface area contributed by atoms with Crippen LogP contribution < -0.4 is 14.8 Å². The lowest BCUT2D eigenvalue weighted by Gasteiger charge is -2.18. The number of carbonyl (C=O) groups is 2. The van der Waals surface area contributed by atoms with Gasteiger partial charge < -0.3 is 19.7 Å². The molecule has 150 valence electrons. The molecule has 0 atom stereocenters. The summed E-state index contributed by atoms with van der Waals surface area (Å²) in [7, 11) is 1.54. The molecule has 2 rings (SSSR count). The summed E-state index contributed by atoms with van der Waals surface area (Å²) in [6.45, 7) is 4.70. The molecule has 0 heterocycles. The normalized spacial score (nSPS) is 10.3. The van der Waals surface area contributed by atoms with E-state index in [1.54, 1.807) is 18.2 Å². The number of hydrogen-bond acceptors (Lipinski definition) is 4. The zero-order valence-corrected chi connectivity index (χ0v) is 16.3. The van der Waals surface area contributed by atoms with Gasteiger partial charge in [-0.15, -0.1) is 0 Å². The summed E-state index contributed by atoms with van der Waals surface area (Å²) in [4.78, 5) is 26.1. The summed E-state index contributed by atoms with van der Waals surface area (Å²) in [6.07, 6.45) is 0.859. The molecule has 2 amide bonds. The zero-order chi connectivity index (χ0) is 20.5. The molecule has 28 heavy (non-hydrogen) atoms. The maximum absolute atomic E-state index is 12.9. The lowest BCUT2D eigenvalue weighted by atomic mass is 10.1. The summed E-state index contributed by atoms with van der Waals surface area (Å²) < 4.78 is 24.1. The fraction of sp³-hybridized carbons (Fsp3) is 0.333. The van der Waals surface area contributed by atoms with Crippen LogP contribution in [-0.2, 0) is 4.79 Å². The van der Waals surface area contributed by atoms with Crippen LogP contribution in [0.5, 0.6) is 11.5 Å². The molecular formula is C21H25FN2O4. The molecule has 0 aliphatic rings. The molecule has 0 radical (unpaired) electrons. The summed E-state index contributed by atoms with van der Waals surface area (Å²) in [5.41, 5.74) is 0.854. The molecular weight excluding hydrogens is 363 g/mol. The first-order valence-electron chi connectivity index (χ1n) is 9.15. The van der Waals surface area contributed by atoms with Crippen molar-refractivity contribution in [3.63, 3.8) is 0 Å². The first-order valence-corrected chi connectivity index (χ1v) is 9.15. The first kappa shape index (κ1) is 21.2. The third-order valence-corrected chi connectivity index (χ3v) is 3.81. The Bertz CT molecular complexity index is 809. The van der Waals surface area contributed by atoms with Gasteiger partial charge in [0.25, 0.3) is 5.91 Å². The first-order chi connectivity index (χ1) is 13.4. The van der Waals surface area contributed by atoms with E-state index in [0.717, 1.165) is 6.42 Å². The Labute approximate surface area is 164 Å². The quantitative estimate of drug-likeness (QED) is 0.711. The monoisotopic (exact) mass is 388 g/mol. The Morgan fingerprint density at radius 2 is 1.75 bits per heavy atom. The standard InChI is InChI=1S/C21H25FN2O4/c1-4-12-28-18-11-6-15(13-19(18)27-5-2)21(26)24(3)14-20(25)23-17-9-7-16(22)8-10-17/h6-11,13H,4-5,12,14H2,1-3H3,(H,23,25). The second kappa shape index (κ2) is 10.3. The Morgan fingerprint density at radius 3 is 2.39 bits per heavy atom. The number of nitrogens with one attached hydrogen (secondary N) is 1. The van der Waals surface area contributed by atoms with Gasteiger partial charge in [-0.2, -0.15) is 0 Å². The van der Waals surface area contributed by atoms with E-state index in [2.05, 4.69) is 5.32 Å². The lowest BCUT2D eigenvalue weighted by Crippen LogP contribution is -2.34. The fourth-order valence-electron chi connectivity index (χ4n) is 2.48. The maximum atomic E-state index is 12.9. The van der Waals surface area contributed by atoms with Gasteiger partial charge in [0.1, 0.15) is 5.82 Å². The van der Waals surface area contributed by atoms with Crippen molar-refractivity contribution in [1.29, 1.82) is 0 Å². The minimum Gasteiger partial charge on any atom is -0.490 e. The number of likely N-dealkylation sites (N-methyl/N-ethyl adjacent to an activating group) is 1. The van der Waals surface area contributed by atoms with Gasteiger partial charge in [0.2, 0.25) is 5.91 Å². The molecule has 0 aliphatic carbocycles. The zero-order valence-electron chi connectivity index (χ0n) is 16.3. The molecule has 0 aliphatic heterocycles. The summed E-state index contributed by atoms with van der Waals surface area (Å²) in [5.74, 6) is -0.0164. The van der Waals surface area contributed by atoms with Crippen LogP contribution in [0.2, 0.25) is 0 Å². The molecule has 0 saturated heterocycles. The fourth-order valence-corrected chi connectivity index (χ4v) is 2.48. The van der Waals surface area contributed by atoms with Crippen LogP contribution in [0.1, 0.15) is 30.6 Å². The van der Waals surface area contributed by atoms with Gasteiger partial charge in [-0.25, -0.2) is 4.39 Å². The minimum absolute atomic E-state index is 0.145. The van der Waals surface area contributed by atoms with Crippen molar-refractivity contribution in [2.75, 3.05) is 32.1 Å². The third kappa shape index (κ3) is 5.97. The Morgan fingerprint density at radius 1 is 1.04 bits per heavy atom. The largest absolute Gasteiger partial charge is 0.490 e. The number of hydrogen-bond donors (Lipinski definition) is 1. The van der Waals surface area contributed by atoms with Crippen molar-refractivity contribution in [2.24, 2.45) is 0 Å². The molecule has 0 bridgehead atoms.